The lowest BCUT2D eigenvalue weighted by molar-refractivity contribution is 0.134. The van der Waals surface area contributed by atoms with Gasteiger partial charge in [-0.3, -0.25) is 5.32 Å². The highest BCUT2D eigenvalue weighted by molar-refractivity contribution is 6.20. The Hall–Kier alpha value is 0.1000. The molecule has 5 heteroatoms. The Kier molecular flexibility index (Phi) is 5.03. The first-order valence-electron chi connectivity index (χ1n) is 6.69. The summed E-state index contributed by atoms with van der Waals surface area (Å²) < 4.78 is 13.5. The van der Waals surface area contributed by atoms with Gasteiger partial charge < -0.3 is 10.6 Å². The molecule has 2 aliphatic rings. The Balaban J connectivity index is 1.77. The lowest BCUT2D eigenvalue weighted by atomic mass is 9.92. The molecule has 3 nitrogen and oxygen atoms in total. The highest BCUT2D eigenvalue weighted by atomic mass is 35.5. The molecule has 0 bridgehead atoms. The molecule has 0 radical (unpaired) electrons. The molecule has 0 aliphatic carbocycles. The van der Waals surface area contributed by atoms with Crippen molar-refractivity contribution in [2.45, 2.75) is 44.0 Å². The van der Waals surface area contributed by atoms with Crippen molar-refractivity contribution in [2.75, 3.05) is 19.6 Å². The van der Waals surface area contributed by atoms with Crippen molar-refractivity contribution in [1.29, 1.82) is 0 Å². The summed E-state index contributed by atoms with van der Waals surface area (Å²) in [5.74, 6) is 1.01. The molecule has 0 spiro atoms. The molecule has 0 amide bonds. The molecule has 0 aromatic carbocycles. The average Bonchev–Trinajstić information content (AvgIpc) is 2.34. The van der Waals surface area contributed by atoms with E-state index in [0.717, 1.165) is 25.6 Å². The van der Waals surface area contributed by atoms with Crippen LogP contribution in [0.1, 0.15) is 26.2 Å². The molecule has 3 atom stereocenters. The summed E-state index contributed by atoms with van der Waals surface area (Å²) in [6, 6.07) is 0. The summed E-state index contributed by atoms with van der Waals surface area (Å²) in [5, 5.41) is 10.0. The fraction of sp³-hybridized carbons (Fsp3) is 1.00. The van der Waals surface area contributed by atoms with Gasteiger partial charge in [-0.25, -0.2) is 4.39 Å². The van der Waals surface area contributed by atoms with Crippen molar-refractivity contribution in [3.63, 3.8) is 0 Å². The third-order valence-corrected chi connectivity index (χ3v) is 4.27. The van der Waals surface area contributed by atoms with Gasteiger partial charge >= 0.3 is 0 Å². The number of halogens is 2. The van der Waals surface area contributed by atoms with Crippen molar-refractivity contribution in [3.05, 3.63) is 0 Å². The van der Waals surface area contributed by atoms with Crippen LogP contribution in [0.5, 0.6) is 0 Å². The van der Waals surface area contributed by atoms with E-state index in [9.17, 15) is 4.39 Å². The summed E-state index contributed by atoms with van der Waals surface area (Å²) >= 11 is 5.81. The van der Waals surface area contributed by atoms with Crippen molar-refractivity contribution in [2.24, 2.45) is 11.8 Å². The van der Waals surface area contributed by atoms with Crippen LogP contribution in [-0.4, -0.2) is 37.5 Å². The topological polar surface area (TPSA) is 36.1 Å². The third-order valence-electron chi connectivity index (χ3n) is 3.84. The van der Waals surface area contributed by atoms with Crippen LogP contribution in [0.2, 0.25) is 0 Å². The summed E-state index contributed by atoms with van der Waals surface area (Å²) in [7, 11) is 0. The number of hydrogen-bond donors (Lipinski definition) is 3. The molecule has 0 saturated carbocycles. The molecular weight excluding hydrogens is 241 g/mol. The smallest absolute Gasteiger partial charge is 0.130 e. The van der Waals surface area contributed by atoms with E-state index in [1.165, 1.54) is 12.8 Å². The Bertz CT molecular complexity index is 234. The minimum Gasteiger partial charge on any atom is -0.301 e. The maximum absolute atomic E-state index is 13.5. The number of alkyl halides is 2. The molecule has 2 rings (SSSR count). The average molecular weight is 264 g/mol. The first-order chi connectivity index (χ1) is 8.20. The van der Waals surface area contributed by atoms with E-state index in [0.29, 0.717) is 12.3 Å². The zero-order chi connectivity index (χ0) is 12.3. The first-order valence-corrected chi connectivity index (χ1v) is 7.12. The Morgan fingerprint density at radius 1 is 1.18 bits per heavy atom. The second-order valence-electron chi connectivity index (χ2n) is 5.27. The van der Waals surface area contributed by atoms with Crippen LogP contribution in [-0.2, 0) is 0 Å². The summed E-state index contributed by atoms with van der Waals surface area (Å²) in [5.41, 5.74) is -0.511. The van der Waals surface area contributed by atoms with Crippen LogP contribution in [0.4, 0.5) is 4.39 Å². The molecule has 2 heterocycles. The van der Waals surface area contributed by atoms with Crippen molar-refractivity contribution >= 4 is 11.6 Å². The van der Waals surface area contributed by atoms with Gasteiger partial charge in [-0.15, -0.1) is 11.6 Å². The predicted octanol–water partition coefficient (Wildman–Crippen LogP) is 1.43. The molecule has 2 fully saturated rings. The third kappa shape index (κ3) is 3.53. The van der Waals surface area contributed by atoms with Gasteiger partial charge in [0, 0.05) is 25.6 Å². The lowest BCUT2D eigenvalue weighted by Crippen LogP contribution is -2.60. The molecule has 3 unspecified atom stereocenters. The van der Waals surface area contributed by atoms with Crippen LogP contribution < -0.4 is 16.0 Å². The Morgan fingerprint density at radius 2 is 1.88 bits per heavy atom. The minimum absolute atomic E-state index is 0.234. The highest BCUT2D eigenvalue weighted by Crippen LogP contribution is 2.23. The quantitative estimate of drug-likeness (QED) is 0.533. The number of piperidine rings is 1. The van der Waals surface area contributed by atoms with E-state index >= 15 is 0 Å². The summed E-state index contributed by atoms with van der Waals surface area (Å²) in [6.45, 7) is 5.09. The SMILES string of the molecule is CCCC1CNC(C2CNC(Cl)C(F)C2)NC1. The minimum atomic E-state index is -0.938. The van der Waals surface area contributed by atoms with E-state index in [1.54, 1.807) is 0 Å². The normalized spacial score (nSPS) is 43.6. The van der Waals surface area contributed by atoms with Crippen molar-refractivity contribution in [1.82, 2.24) is 16.0 Å². The van der Waals surface area contributed by atoms with E-state index in [4.69, 9.17) is 11.6 Å². The standard InChI is InChI=1S/C12H23ClFN3/c1-2-3-8-5-16-12(17-6-8)9-4-10(14)11(13)15-7-9/h8-12,15-17H,2-7H2,1H3. The number of nitrogens with one attached hydrogen (secondary N) is 3. The zero-order valence-electron chi connectivity index (χ0n) is 10.4. The van der Waals surface area contributed by atoms with Crippen LogP contribution in [0.25, 0.3) is 0 Å². The van der Waals surface area contributed by atoms with Crippen LogP contribution in [0.15, 0.2) is 0 Å². The van der Waals surface area contributed by atoms with Gasteiger partial charge in [0.2, 0.25) is 0 Å². The fourth-order valence-corrected chi connectivity index (χ4v) is 3.01. The first kappa shape index (κ1) is 13.5. The number of hydrogen-bond acceptors (Lipinski definition) is 3. The van der Waals surface area contributed by atoms with Gasteiger partial charge in [0.25, 0.3) is 0 Å². The molecular formula is C12H23ClFN3. The maximum atomic E-state index is 13.5. The molecule has 0 aromatic heterocycles. The molecule has 3 N–H and O–H groups in total. The Labute approximate surface area is 108 Å². The van der Waals surface area contributed by atoms with E-state index < -0.39 is 11.7 Å². The van der Waals surface area contributed by atoms with E-state index in [1.807, 2.05) is 0 Å². The lowest BCUT2D eigenvalue weighted by Gasteiger charge is -2.39. The highest BCUT2D eigenvalue weighted by Gasteiger charge is 2.34. The van der Waals surface area contributed by atoms with Crippen molar-refractivity contribution < 1.29 is 4.39 Å². The van der Waals surface area contributed by atoms with E-state index in [2.05, 4.69) is 22.9 Å². The zero-order valence-corrected chi connectivity index (χ0v) is 11.1. The molecule has 2 saturated heterocycles. The molecule has 17 heavy (non-hydrogen) atoms. The molecule has 2 aliphatic heterocycles. The van der Waals surface area contributed by atoms with E-state index in [-0.39, 0.29) is 6.17 Å². The van der Waals surface area contributed by atoms with Gasteiger partial charge in [-0.05, 0) is 18.8 Å². The largest absolute Gasteiger partial charge is 0.301 e. The van der Waals surface area contributed by atoms with Crippen LogP contribution >= 0.6 is 11.6 Å². The second-order valence-corrected chi connectivity index (χ2v) is 5.74. The van der Waals surface area contributed by atoms with Crippen molar-refractivity contribution in [3.8, 4) is 0 Å². The maximum Gasteiger partial charge on any atom is 0.130 e. The van der Waals surface area contributed by atoms with Gasteiger partial charge in [0.15, 0.2) is 0 Å². The van der Waals surface area contributed by atoms with Gasteiger partial charge in [0.05, 0.1) is 6.17 Å². The van der Waals surface area contributed by atoms with Crippen LogP contribution in [0.3, 0.4) is 0 Å². The monoisotopic (exact) mass is 263 g/mol. The Morgan fingerprint density at radius 3 is 2.47 bits per heavy atom. The fourth-order valence-electron chi connectivity index (χ4n) is 2.82. The summed E-state index contributed by atoms with van der Waals surface area (Å²) in [6.07, 6.45) is 2.32. The second kappa shape index (κ2) is 6.32. The summed E-state index contributed by atoms with van der Waals surface area (Å²) in [4.78, 5) is 0. The number of rotatable bonds is 3. The van der Waals surface area contributed by atoms with Gasteiger partial charge in [-0.2, -0.15) is 0 Å². The molecule has 0 aromatic rings. The van der Waals surface area contributed by atoms with Crippen LogP contribution in [0, 0.1) is 11.8 Å². The van der Waals surface area contributed by atoms with Gasteiger partial charge in [0.1, 0.15) is 11.7 Å². The van der Waals surface area contributed by atoms with Gasteiger partial charge in [-0.1, -0.05) is 13.3 Å². The molecule has 100 valence electrons. The predicted molar refractivity (Wildman–Crippen MR) is 68.8 cm³/mol.